The monoisotopic (exact) mass is 338 g/mol. The van der Waals surface area contributed by atoms with Crippen molar-refractivity contribution in [1.82, 2.24) is 0 Å². The number of carboxylic acid groups (broad SMARTS) is 2. The highest BCUT2D eigenvalue weighted by Crippen LogP contribution is 2.48. The molecule has 2 aromatic carbocycles. The maximum Gasteiger partial charge on any atom is 0.314 e. The molecule has 2 aliphatic carbocycles. The van der Waals surface area contributed by atoms with E-state index in [1.807, 2.05) is 60.7 Å². The van der Waals surface area contributed by atoms with Gasteiger partial charge in [0.25, 0.3) is 0 Å². The van der Waals surface area contributed by atoms with E-state index in [2.05, 4.69) is 0 Å². The summed E-state index contributed by atoms with van der Waals surface area (Å²) in [4.78, 5) is 22.0. The summed E-state index contributed by atoms with van der Waals surface area (Å²) in [5.74, 6) is -1.36. The summed E-state index contributed by atoms with van der Waals surface area (Å²) >= 11 is 0. The second kappa shape index (κ2) is 6.71. The van der Waals surface area contributed by atoms with Gasteiger partial charge in [0.15, 0.2) is 0 Å². The van der Waals surface area contributed by atoms with Crippen LogP contribution in [0.3, 0.4) is 0 Å². The third kappa shape index (κ3) is 3.16. The van der Waals surface area contributed by atoms with Crippen LogP contribution in [0.5, 0.6) is 0 Å². The van der Waals surface area contributed by atoms with Gasteiger partial charge in [-0.25, -0.2) is 0 Å². The molecule has 2 saturated carbocycles. The highest BCUT2D eigenvalue weighted by atomic mass is 16.4. The third-order valence-corrected chi connectivity index (χ3v) is 5.43. The van der Waals surface area contributed by atoms with Crippen LogP contribution in [0.2, 0.25) is 0 Å². The smallest absolute Gasteiger partial charge is 0.314 e. The molecule has 0 aromatic heterocycles. The maximum absolute atomic E-state index is 11.1. The second-order valence-electron chi connectivity index (χ2n) is 6.86. The molecule has 0 unspecified atom stereocenters. The second-order valence-corrected chi connectivity index (χ2v) is 6.86. The Kier molecular flexibility index (Phi) is 4.62. The fraction of sp³-hybridized carbons (Fsp3) is 0.333. The first-order chi connectivity index (χ1) is 12.0. The van der Waals surface area contributed by atoms with Gasteiger partial charge in [0, 0.05) is 0 Å². The molecule has 130 valence electrons. The predicted octanol–water partition coefficient (Wildman–Crippen LogP) is 4.00. The summed E-state index contributed by atoms with van der Waals surface area (Å²) in [5, 5.41) is 18.1. The molecule has 2 fully saturated rings. The Morgan fingerprint density at radius 2 is 1.00 bits per heavy atom. The van der Waals surface area contributed by atoms with Crippen LogP contribution >= 0.6 is 0 Å². The molecule has 2 N–H and O–H groups in total. The minimum Gasteiger partial charge on any atom is -0.481 e. The zero-order valence-corrected chi connectivity index (χ0v) is 14.0. The largest absolute Gasteiger partial charge is 0.481 e. The lowest BCUT2D eigenvalue weighted by Crippen LogP contribution is -2.42. The zero-order valence-electron chi connectivity index (χ0n) is 14.0. The first kappa shape index (κ1) is 17.2. The molecule has 0 heterocycles. The zero-order chi connectivity index (χ0) is 17.9. The van der Waals surface area contributed by atoms with Gasteiger partial charge in [0.2, 0.25) is 0 Å². The number of rotatable bonds is 4. The van der Waals surface area contributed by atoms with Crippen molar-refractivity contribution in [3.8, 4) is 0 Å². The fourth-order valence-electron chi connectivity index (χ4n) is 3.42. The molecule has 0 radical (unpaired) electrons. The maximum atomic E-state index is 11.1. The first-order valence-corrected chi connectivity index (χ1v) is 8.59. The van der Waals surface area contributed by atoms with Crippen molar-refractivity contribution in [3.63, 3.8) is 0 Å². The molecular formula is C21H22O4. The van der Waals surface area contributed by atoms with Crippen LogP contribution in [0.15, 0.2) is 60.7 Å². The van der Waals surface area contributed by atoms with Gasteiger partial charge in [-0.05, 0) is 36.8 Å². The lowest BCUT2D eigenvalue weighted by molar-refractivity contribution is -0.147. The van der Waals surface area contributed by atoms with E-state index in [0.717, 1.165) is 43.2 Å². The Balaban J connectivity index is 0.000000146. The van der Waals surface area contributed by atoms with E-state index in [9.17, 15) is 9.59 Å². The molecule has 4 nitrogen and oxygen atoms in total. The van der Waals surface area contributed by atoms with Gasteiger partial charge < -0.3 is 10.2 Å². The van der Waals surface area contributed by atoms with Gasteiger partial charge in [-0.1, -0.05) is 67.1 Å². The highest BCUT2D eigenvalue weighted by Gasteiger charge is 2.51. The number of benzene rings is 2. The summed E-state index contributed by atoms with van der Waals surface area (Å²) in [6.45, 7) is 0. The Labute approximate surface area is 147 Å². The van der Waals surface area contributed by atoms with Gasteiger partial charge >= 0.3 is 11.9 Å². The van der Waals surface area contributed by atoms with Gasteiger partial charge in [-0.15, -0.1) is 0 Å². The van der Waals surface area contributed by atoms with Crippen molar-refractivity contribution in [2.24, 2.45) is 0 Å². The molecule has 2 aromatic rings. The van der Waals surface area contributed by atoms with E-state index >= 15 is 0 Å². The highest BCUT2D eigenvalue weighted by molar-refractivity contribution is 5.84. The average molecular weight is 338 g/mol. The van der Waals surface area contributed by atoms with Crippen LogP contribution < -0.4 is 0 Å². The Morgan fingerprint density at radius 3 is 1.24 bits per heavy atom. The van der Waals surface area contributed by atoms with Crippen molar-refractivity contribution in [3.05, 3.63) is 71.8 Å². The average Bonchev–Trinajstić information content (AvgIpc) is 3.38. The number of carbonyl (C=O) groups is 2. The van der Waals surface area contributed by atoms with Crippen molar-refractivity contribution in [2.75, 3.05) is 0 Å². The Hall–Kier alpha value is -2.62. The van der Waals surface area contributed by atoms with Crippen molar-refractivity contribution >= 4 is 11.9 Å². The van der Waals surface area contributed by atoms with Crippen LogP contribution in [0, 0.1) is 0 Å². The van der Waals surface area contributed by atoms with Crippen molar-refractivity contribution < 1.29 is 19.8 Å². The number of hydrogen-bond acceptors (Lipinski definition) is 2. The Morgan fingerprint density at radius 1 is 0.640 bits per heavy atom. The number of carboxylic acids is 2. The van der Waals surface area contributed by atoms with Crippen LogP contribution in [-0.2, 0) is 20.4 Å². The number of hydrogen-bond donors (Lipinski definition) is 2. The summed E-state index contributed by atoms with van der Waals surface area (Å²) in [7, 11) is 0. The van der Waals surface area contributed by atoms with E-state index < -0.39 is 22.8 Å². The van der Waals surface area contributed by atoms with Crippen molar-refractivity contribution in [2.45, 2.75) is 42.9 Å². The summed E-state index contributed by atoms with van der Waals surface area (Å²) in [6, 6.07) is 19.0. The normalized spacial score (nSPS) is 18.9. The van der Waals surface area contributed by atoms with Crippen LogP contribution in [-0.4, -0.2) is 22.2 Å². The molecule has 0 bridgehead atoms. The summed E-state index contributed by atoms with van der Waals surface area (Å²) in [6.07, 6.45) is 4.17. The van der Waals surface area contributed by atoms with Crippen molar-refractivity contribution in [1.29, 1.82) is 0 Å². The molecule has 4 rings (SSSR count). The molecule has 4 heteroatoms. The summed E-state index contributed by atoms with van der Waals surface area (Å²) in [5.41, 5.74) is 0.786. The number of aliphatic carboxylic acids is 2. The van der Waals surface area contributed by atoms with E-state index in [-0.39, 0.29) is 0 Å². The lowest BCUT2D eigenvalue weighted by atomic mass is 9.64. The summed E-state index contributed by atoms with van der Waals surface area (Å²) < 4.78 is 0. The fourth-order valence-corrected chi connectivity index (χ4v) is 3.42. The third-order valence-electron chi connectivity index (χ3n) is 5.43. The standard InChI is InChI=1S/C11H12O2.C10H10O2/c12-10(13)11(7-4-8-11)9-5-2-1-3-6-9;11-9(12)10(6-7-10)8-4-2-1-3-5-8/h1-3,5-6H,4,7-8H2,(H,12,13);1-5H,6-7H2,(H,11,12). The Bertz CT molecular complexity index is 744. The molecule has 25 heavy (non-hydrogen) atoms. The molecule has 0 aliphatic heterocycles. The van der Waals surface area contributed by atoms with Crippen LogP contribution in [0.1, 0.15) is 43.2 Å². The predicted molar refractivity (Wildman–Crippen MR) is 94.6 cm³/mol. The lowest BCUT2D eigenvalue weighted by Gasteiger charge is -2.38. The molecule has 0 saturated heterocycles. The SMILES string of the molecule is O=C(O)C1(c2ccccc2)CC1.O=C(O)C1(c2ccccc2)CCC1. The minimum atomic E-state index is -0.686. The first-order valence-electron chi connectivity index (χ1n) is 8.59. The van der Waals surface area contributed by atoms with E-state index in [1.165, 1.54) is 0 Å². The van der Waals surface area contributed by atoms with E-state index in [1.54, 1.807) is 0 Å². The van der Waals surface area contributed by atoms with Crippen LogP contribution in [0.4, 0.5) is 0 Å². The molecule has 2 aliphatic rings. The van der Waals surface area contributed by atoms with Gasteiger partial charge in [-0.3, -0.25) is 9.59 Å². The van der Waals surface area contributed by atoms with Gasteiger partial charge in [0.1, 0.15) is 0 Å². The molecule has 0 atom stereocenters. The van der Waals surface area contributed by atoms with E-state index in [4.69, 9.17) is 10.2 Å². The minimum absolute atomic E-state index is 0.540. The molecule has 0 spiro atoms. The van der Waals surface area contributed by atoms with E-state index in [0.29, 0.717) is 0 Å². The molecule has 0 amide bonds. The quantitative estimate of drug-likeness (QED) is 0.884. The topological polar surface area (TPSA) is 74.6 Å². The van der Waals surface area contributed by atoms with Gasteiger partial charge in [-0.2, -0.15) is 0 Å². The molecular weight excluding hydrogens is 316 g/mol. The van der Waals surface area contributed by atoms with Crippen LogP contribution in [0.25, 0.3) is 0 Å². The van der Waals surface area contributed by atoms with Gasteiger partial charge in [0.05, 0.1) is 10.8 Å².